The zero-order chi connectivity index (χ0) is 10.8. The molecule has 1 aromatic carbocycles. The first kappa shape index (κ1) is 10.7. The molecule has 0 radical (unpaired) electrons. The van der Waals surface area contributed by atoms with Gasteiger partial charge in [-0.25, -0.2) is 0 Å². The standard InChI is InChI=1S/C14H21N/c1-10-4-5-11(2)13(8-10)14(9-15-3)12-6-7-12/h4-5,8,12,14-15H,6-7,9H2,1-3H3. The van der Waals surface area contributed by atoms with Crippen molar-refractivity contribution in [3.8, 4) is 0 Å². The van der Waals surface area contributed by atoms with Crippen LogP contribution in [-0.2, 0) is 0 Å². The summed E-state index contributed by atoms with van der Waals surface area (Å²) in [6.07, 6.45) is 2.83. The van der Waals surface area contributed by atoms with E-state index in [-0.39, 0.29) is 0 Å². The lowest BCUT2D eigenvalue weighted by Crippen LogP contribution is -2.19. The molecule has 82 valence electrons. The van der Waals surface area contributed by atoms with Gasteiger partial charge in [0, 0.05) is 6.54 Å². The van der Waals surface area contributed by atoms with Crippen LogP contribution in [0, 0.1) is 19.8 Å². The summed E-state index contributed by atoms with van der Waals surface area (Å²) in [5, 5.41) is 3.33. The van der Waals surface area contributed by atoms with Gasteiger partial charge in [-0.2, -0.15) is 0 Å². The normalized spacial score (nSPS) is 17.8. The molecule has 0 aromatic heterocycles. The first-order chi connectivity index (χ1) is 7.22. The third-order valence-corrected chi connectivity index (χ3v) is 3.45. The first-order valence-electron chi connectivity index (χ1n) is 5.94. The highest BCUT2D eigenvalue weighted by Crippen LogP contribution is 2.43. The van der Waals surface area contributed by atoms with Crippen LogP contribution in [-0.4, -0.2) is 13.6 Å². The first-order valence-corrected chi connectivity index (χ1v) is 5.94. The third kappa shape index (κ3) is 2.40. The van der Waals surface area contributed by atoms with Crippen molar-refractivity contribution >= 4 is 0 Å². The summed E-state index contributed by atoms with van der Waals surface area (Å²) in [7, 11) is 2.06. The van der Waals surface area contributed by atoms with Crippen LogP contribution in [0.5, 0.6) is 0 Å². The number of hydrogen-bond donors (Lipinski definition) is 1. The van der Waals surface area contributed by atoms with Crippen molar-refractivity contribution in [1.29, 1.82) is 0 Å². The van der Waals surface area contributed by atoms with Gasteiger partial charge in [0.1, 0.15) is 0 Å². The minimum atomic E-state index is 0.731. The maximum Gasteiger partial charge on any atom is 0.00199 e. The average Bonchev–Trinajstić information content (AvgIpc) is 3.02. The molecule has 1 aliphatic carbocycles. The average molecular weight is 203 g/mol. The molecule has 0 bridgehead atoms. The molecule has 1 heteroatoms. The van der Waals surface area contributed by atoms with E-state index in [0.29, 0.717) is 0 Å². The van der Waals surface area contributed by atoms with Gasteiger partial charge in [-0.3, -0.25) is 0 Å². The topological polar surface area (TPSA) is 12.0 Å². The van der Waals surface area contributed by atoms with Gasteiger partial charge in [-0.1, -0.05) is 23.8 Å². The number of nitrogens with one attached hydrogen (secondary N) is 1. The highest BCUT2D eigenvalue weighted by atomic mass is 14.8. The Morgan fingerprint density at radius 3 is 2.67 bits per heavy atom. The Bertz CT molecular complexity index is 339. The van der Waals surface area contributed by atoms with Crippen LogP contribution >= 0.6 is 0 Å². The van der Waals surface area contributed by atoms with E-state index < -0.39 is 0 Å². The Labute approximate surface area is 92.9 Å². The van der Waals surface area contributed by atoms with Gasteiger partial charge in [0.15, 0.2) is 0 Å². The Balaban J connectivity index is 2.27. The van der Waals surface area contributed by atoms with Crippen LogP contribution in [0.4, 0.5) is 0 Å². The second-order valence-electron chi connectivity index (χ2n) is 4.86. The molecular weight excluding hydrogens is 182 g/mol. The molecule has 2 rings (SSSR count). The van der Waals surface area contributed by atoms with E-state index in [1.54, 1.807) is 5.56 Å². The minimum Gasteiger partial charge on any atom is -0.319 e. The lowest BCUT2D eigenvalue weighted by molar-refractivity contribution is 0.564. The van der Waals surface area contributed by atoms with Crippen LogP contribution in [0.25, 0.3) is 0 Å². The molecule has 1 fully saturated rings. The molecule has 1 saturated carbocycles. The second-order valence-corrected chi connectivity index (χ2v) is 4.86. The van der Waals surface area contributed by atoms with Crippen molar-refractivity contribution in [2.75, 3.05) is 13.6 Å². The molecule has 0 saturated heterocycles. The lowest BCUT2D eigenvalue weighted by atomic mass is 9.89. The highest BCUT2D eigenvalue weighted by Gasteiger charge is 2.32. The van der Waals surface area contributed by atoms with E-state index >= 15 is 0 Å². The van der Waals surface area contributed by atoms with Crippen molar-refractivity contribution in [2.24, 2.45) is 5.92 Å². The predicted octanol–water partition coefficient (Wildman–Crippen LogP) is 3.02. The summed E-state index contributed by atoms with van der Waals surface area (Å²) in [4.78, 5) is 0. The van der Waals surface area contributed by atoms with Crippen molar-refractivity contribution in [3.05, 3.63) is 34.9 Å². The van der Waals surface area contributed by atoms with Gasteiger partial charge in [0.2, 0.25) is 0 Å². The van der Waals surface area contributed by atoms with Crippen LogP contribution < -0.4 is 5.32 Å². The van der Waals surface area contributed by atoms with Gasteiger partial charge >= 0.3 is 0 Å². The number of benzene rings is 1. The Morgan fingerprint density at radius 2 is 2.07 bits per heavy atom. The Morgan fingerprint density at radius 1 is 1.33 bits per heavy atom. The quantitative estimate of drug-likeness (QED) is 0.793. The van der Waals surface area contributed by atoms with Crippen molar-refractivity contribution in [3.63, 3.8) is 0 Å². The zero-order valence-corrected chi connectivity index (χ0v) is 10.0. The molecule has 1 unspecified atom stereocenters. The highest BCUT2D eigenvalue weighted by molar-refractivity contribution is 5.34. The van der Waals surface area contributed by atoms with Gasteiger partial charge in [-0.05, 0) is 56.7 Å². The minimum absolute atomic E-state index is 0.731. The summed E-state index contributed by atoms with van der Waals surface area (Å²) < 4.78 is 0. The molecule has 0 amide bonds. The third-order valence-electron chi connectivity index (χ3n) is 3.45. The fraction of sp³-hybridized carbons (Fsp3) is 0.571. The molecule has 1 aromatic rings. The van der Waals surface area contributed by atoms with Gasteiger partial charge in [0.25, 0.3) is 0 Å². The summed E-state index contributed by atoms with van der Waals surface area (Å²) >= 11 is 0. The smallest absolute Gasteiger partial charge is 0.00199 e. The molecule has 0 aliphatic heterocycles. The van der Waals surface area contributed by atoms with E-state index in [4.69, 9.17) is 0 Å². The van der Waals surface area contributed by atoms with Crippen LogP contribution in [0.3, 0.4) is 0 Å². The monoisotopic (exact) mass is 203 g/mol. The number of likely N-dealkylation sites (N-methyl/N-ethyl adjacent to an activating group) is 1. The molecule has 1 nitrogen and oxygen atoms in total. The largest absolute Gasteiger partial charge is 0.319 e. The van der Waals surface area contributed by atoms with Gasteiger partial charge < -0.3 is 5.32 Å². The maximum absolute atomic E-state index is 3.33. The lowest BCUT2D eigenvalue weighted by Gasteiger charge is -2.19. The summed E-state index contributed by atoms with van der Waals surface area (Å²) in [5.74, 6) is 1.66. The number of rotatable bonds is 4. The van der Waals surface area contributed by atoms with Gasteiger partial charge in [0.05, 0.1) is 0 Å². The van der Waals surface area contributed by atoms with E-state index in [9.17, 15) is 0 Å². The SMILES string of the molecule is CNCC(c1cc(C)ccc1C)C1CC1. The van der Waals surface area contributed by atoms with Crippen molar-refractivity contribution < 1.29 is 0 Å². The predicted molar refractivity (Wildman–Crippen MR) is 65.3 cm³/mol. The molecule has 0 heterocycles. The van der Waals surface area contributed by atoms with Crippen molar-refractivity contribution in [1.82, 2.24) is 5.32 Å². The van der Waals surface area contributed by atoms with E-state index in [2.05, 4.69) is 44.4 Å². The molecule has 1 N–H and O–H groups in total. The number of aryl methyl sites for hydroxylation is 2. The van der Waals surface area contributed by atoms with Gasteiger partial charge in [-0.15, -0.1) is 0 Å². The zero-order valence-electron chi connectivity index (χ0n) is 10.0. The van der Waals surface area contributed by atoms with E-state index in [1.165, 1.54) is 24.0 Å². The molecule has 0 spiro atoms. The van der Waals surface area contributed by atoms with Crippen LogP contribution in [0.1, 0.15) is 35.4 Å². The fourth-order valence-corrected chi connectivity index (χ4v) is 2.41. The molecule has 1 aliphatic rings. The Hall–Kier alpha value is -0.820. The summed E-state index contributed by atoms with van der Waals surface area (Å²) in [6.45, 7) is 5.54. The fourth-order valence-electron chi connectivity index (χ4n) is 2.41. The van der Waals surface area contributed by atoms with E-state index in [0.717, 1.165) is 18.4 Å². The van der Waals surface area contributed by atoms with E-state index in [1.807, 2.05) is 0 Å². The van der Waals surface area contributed by atoms with Crippen molar-refractivity contribution in [2.45, 2.75) is 32.6 Å². The Kier molecular flexibility index (Phi) is 3.11. The summed E-state index contributed by atoms with van der Waals surface area (Å²) in [5.41, 5.74) is 4.40. The maximum atomic E-state index is 3.33. The molecule has 1 atom stereocenters. The van der Waals surface area contributed by atoms with Crippen LogP contribution in [0.2, 0.25) is 0 Å². The van der Waals surface area contributed by atoms with Crippen LogP contribution in [0.15, 0.2) is 18.2 Å². The molecular formula is C14H21N. The molecule has 15 heavy (non-hydrogen) atoms. The summed E-state index contributed by atoms with van der Waals surface area (Å²) in [6, 6.07) is 6.84. The number of hydrogen-bond acceptors (Lipinski definition) is 1. The second kappa shape index (κ2) is 4.36.